The molecule has 9 heteroatoms. The number of ether oxygens (including phenoxy) is 3. The summed E-state index contributed by atoms with van der Waals surface area (Å²) in [6.07, 6.45) is 4.46. The van der Waals surface area contributed by atoms with Crippen molar-refractivity contribution in [2.75, 3.05) is 33.0 Å². The summed E-state index contributed by atoms with van der Waals surface area (Å²) in [5.41, 5.74) is 1.09. The number of carbonyl (C=O) groups is 3. The SMILES string of the molecule is CCOCCOCCOc1ccc(CC(CCCCCC(=O)O)CCC(CC(=O)O)C(=O)O)cc1. The monoisotopic (exact) mass is 496 g/mol. The second kappa shape index (κ2) is 18.6. The zero-order valence-electron chi connectivity index (χ0n) is 20.7. The van der Waals surface area contributed by atoms with Crippen LogP contribution in [-0.2, 0) is 30.3 Å². The third-order valence-corrected chi connectivity index (χ3v) is 5.72. The van der Waals surface area contributed by atoms with E-state index in [1.54, 1.807) is 0 Å². The summed E-state index contributed by atoms with van der Waals surface area (Å²) < 4.78 is 16.3. The molecule has 0 aliphatic carbocycles. The molecule has 198 valence electrons. The second-order valence-corrected chi connectivity index (χ2v) is 8.58. The second-order valence-electron chi connectivity index (χ2n) is 8.58. The quantitative estimate of drug-likeness (QED) is 0.201. The maximum atomic E-state index is 11.4. The van der Waals surface area contributed by atoms with Crippen molar-refractivity contribution in [3.8, 4) is 5.75 Å². The van der Waals surface area contributed by atoms with E-state index >= 15 is 0 Å². The number of carboxylic acids is 3. The Hall–Kier alpha value is -2.65. The Kier molecular flexibility index (Phi) is 16.2. The Balaban J connectivity index is 2.57. The van der Waals surface area contributed by atoms with Gasteiger partial charge in [-0.05, 0) is 56.2 Å². The van der Waals surface area contributed by atoms with Crippen molar-refractivity contribution in [2.45, 2.75) is 64.7 Å². The highest BCUT2D eigenvalue weighted by Gasteiger charge is 2.22. The molecule has 0 aromatic heterocycles. The molecule has 1 aromatic carbocycles. The van der Waals surface area contributed by atoms with Crippen LogP contribution >= 0.6 is 0 Å². The van der Waals surface area contributed by atoms with Crippen LogP contribution in [0.15, 0.2) is 24.3 Å². The molecule has 0 aliphatic heterocycles. The summed E-state index contributed by atoms with van der Waals surface area (Å²) >= 11 is 0. The predicted molar refractivity (Wildman–Crippen MR) is 130 cm³/mol. The maximum Gasteiger partial charge on any atom is 0.307 e. The largest absolute Gasteiger partial charge is 0.491 e. The normalized spacial score (nSPS) is 12.7. The van der Waals surface area contributed by atoms with Gasteiger partial charge in [0.25, 0.3) is 0 Å². The molecule has 0 spiro atoms. The molecule has 0 saturated heterocycles. The highest BCUT2D eigenvalue weighted by atomic mass is 16.5. The Morgan fingerprint density at radius 3 is 2.11 bits per heavy atom. The van der Waals surface area contributed by atoms with Gasteiger partial charge in [0.2, 0.25) is 0 Å². The number of benzene rings is 1. The summed E-state index contributed by atoms with van der Waals surface area (Å²) in [6, 6.07) is 7.75. The van der Waals surface area contributed by atoms with E-state index in [0.29, 0.717) is 52.3 Å². The number of hydrogen-bond acceptors (Lipinski definition) is 6. The number of carboxylic acid groups (broad SMARTS) is 3. The number of hydrogen-bond donors (Lipinski definition) is 3. The van der Waals surface area contributed by atoms with Crippen molar-refractivity contribution >= 4 is 17.9 Å². The van der Waals surface area contributed by atoms with Gasteiger partial charge in [0.05, 0.1) is 32.2 Å². The van der Waals surface area contributed by atoms with Crippen molar-refractivity contribution < 1.29 is 43.9 Å². The lowest BCUT2D eigenvalue weighted by Gasteiger charge is -2.19. The van der Waals surface area contributed by atoms with E-state index < -0.39 is 23.8 Å². The third-order valence-electron chi connectivity index (χ3n) is 5.72. The summed E-state index contributed by atoms with van der Waals surface area (Å²) in [4.78, 5) is 33.1. The molecule has 0 bridgehead atoms. The van der Waals surface area contributed by atoms with Gasteiger partial charge >= 0.3 is 17.9 Å². The molecule has 0 heterocycles. The molecule has 35 heavy (non-hydrogen) atoms. The highest BCUT2D eigenvalue weighted by molar-refractivity contribution is 5.77. The number of aliphatic carboxylic acids is 3. The van der Waals surface area contributed by atoms with Crippen LogP contribution in [0.4, 0.5) is 0 Å². The van der Waals surface area contributed by atoms with Crippen LogP contribution < -0.4 is 4.74 Å². The zero-order chi connectivity index (χ0) is 25.9. The van der Waals surface area contributed by atoms with Crippen LogP contribution in [-0.4, -0.2) is 66.3 Å². The number of unbranched alkanes of at least 4 members (excludes halogenated alkanes) is 2. The molecule has 3 N–H and O–H groups in total. The van der Waals surface area contributed by atoms with Gasteiger partial charge in [-0.2, -0.15) is 0 Å². The van der Waals surface area contributed by atoms with Crippen LogP contribution in [0.25, 0.3) is 0 Å². The van der Waals surface area contributed by atoms with Gasteiger partial charge in [0.1, 0.15) is 12.4 Å². The molecule has 0 fully saturated rings. The summed E-state index contributed by atoms with van der Waals surface area (Å²) in [7, 11) is 0. The van der Waals surface area contributed by atoms with E-state index in [1.807, 2.05) is 31.2 Å². The average Bonchev–Trinajstić information content (AvgIpc) is 2.81. The Morgan fingerprint density at radius 2 is 1.49 bits per heavy atom. The van der Waals surface area contributed by atoms with E-state index in [0.717, 1.165) is 37.0 Å². The maximum absolute atomic E-state index is 11.4. The zero-order valence-corrected chi connectivity index (χ0v) is 20.7. The third kappa shape index (κ3) is 15.8. The molecule has 0 aliphatic rings. The summed E-state index contributed by atoms with van der Waals surface area (Å²) in [5, 5.41) is 27.1. The van der Waals surface area contributed by atoms with E-state index in [4.69, 9.17) is 24.4 Å². The van der Waals surface area contributed by atoms with Crippen LogP contribution in [0.1, 0.15) is 63.9 Å². The molecule has 1 aromatic rings. The van der Waals surface area contributed by atoms with E-state index in [1.165, 1.54) is 0 Å². The minimum atomic E-state index is -1.11. The minimum Gasteiger partial charge on any atom is -0.491 e. The fourth-order valence-electron chi connectivity index (χ4n) is 3.83. The summed E-state index contributed by atoms with van der Waals surface area (Å²) in [6.45, 7) is 4.60. The van der Waals surface area contributed by atoms with Crippen LogP contribution in [0.5, 0.6) is 5.75 Å². The van der Waals surface area contributed by atoms with E-state index in [9.17, 15) is 19.5 Å². The smallest absolute Gasteiger partial charge is 0.307 e. The van der Waals surface area contributed by atoms with Crippen molar-refractivity contribution in [2.24, 2.45) is 11.8 Å². The van der Waals surface area contributed by atoms with Gasteiger partial charge in [-0.1, -0.05) is 31.4 Å². The number of rotatable bonds is 22. The predicted octanol–water partition coefficient (Wildman–Crippen LogP) is 4.27. The molecular formula is C26H40O9. The molecule has 2 atom stereocenters. The highest BCUT2D eigenvalue weighted by Crippen LogP contribution is 2.25. The Morgan fingerprint density at radius 1 is 0.800 bits per heavy atom. The Labute approximate surface area is 207 Å². The minimum absolute atomic E-state index is 0.142. The van der Waals surface area contributed by atoms with Crippen molar-refractivity contribution in [3.05, 3.63) is 29.8 Å². The van der Waals surface area contributed by atoms with Crippen molar-refractivity contribution in [1.29, 1.82) is 0 Å². The summed E-state index contributed by atoms with van der Waals surface area (Å²) in [5.74, 6) is -3.00. The van der Waals surface area contributed by atoms with E-state index in [-0.39, 0.29) is 18.8 Å². The van der Waals surface area contributed by atoms with Crippen LogP contribution in [0, 0.1) is 11.8 Å². The van der Waals surface area contributed by atoms with Gasteiger partial charge in [0.15, 0.2) is 0 Å². The first kappa shape index (κ1) is 30.4. The first-order valence-corrected chi connectivity index (χ1v) is 12.3. The van der Waals surface area contributed by atoms with Crippen molar-refractivity contribution in [3.63, 3.8) is 0 Å². The standard InChI is InChI=1S/C26H40O9/c1-2-33-14-15-34-16-17-35-23-12-9-21(10-13-23)18-20(6-4-3-5-7-24(27)28)8-11-22(26(31)32)19-25(29)30/h9-10,12-13,20,22H,2-8,11,14-19H2,1H3,(H,27,28)(H,29,30)(H,31,32). The van der Waals surface area contributed by atoms with Gasteiger partial charge in [-0.25, -0.2) is 0 Å². The average molecular weight is 497 g/mol. The Bertz CT molecular complexity index is 733. The van der Waals surface area contributed by atoms with E-state index in [2.05, 4.69) is 0 Å². The lowest BCUT2D eigenvalue weighted by atomic mass is 9.86. The molecule has 1 rings (SSSR count). The van der Waals surface area contributed by atoms with Gasteiger partial charge in [-0.15, -0.1) is 0 Å². The van der Waals surface area contributed by atoms with Gasteiger partial charge in [-0.3, -0.25) is 14.4 Å². The molecule has 2 unspecified atom stereocenters. The van der Waals surface area contributed by atoms with Crippen molar-refractivity contribution in [1.82, 2.24) is 0 Å². The van der Waals surface area contributed by atoms with Crippen LogP contribution in [0.3, 0.4) is 0 Å². The lowest BCUT2D eigenvalue weighted by molar-refractivity contribution is -0.148. The molecule has 0 saturated carbocycles. The van der Waals surface area contributed by atoms with Gasteiger partial charge < -0.3 is 29.5 Å². The topological polar surface area (TPSA) is 140 Å². The molecule has 9 nitrogen and oxygen atoms in total. The fraction of sp³-hybridized carbons (Fsp3) is 0.654. The first-order valence-electron chi connectivity index (χ1n) is 12.3. The fourth-order valence-corrected chi connectivity index (χ4v) is 3.83. The molecular weight excluding hydrogens is 456 g/mol. The van der Waals surface area contributed by atoms with Crippen LogP contribution in [0.2, 0.25) is 0 Å². The molecule has 0 amide bonds. The van der Waals surface area contributed by atoms with Gasteiger partial charge in [0, 0.05) is 13.0 Å². The first-order chi connectivity index (χ1) is 16.8. The molecule has 0 radical (unpaired) electrons. The lowest BCUT2D eigenvalue weighted by Crippen LogP contribution is -2.19.